The number of hydrogen-bond donors (Lipinski definition) is 0. The minimum atomic E-state index is -4.31. The molecule has 3 nitrogen and oxygen atoms in total. The molecule has 22 heavy (non-hydrogen) atoms. The van der Waals surface area contributed by atoms with E-state index in [1.54, 1.807) is 20.3 Å². The molecule has 126 valence electrons. The SMILES string of the molecule is CO[Si](CCCc1cccc(C(F)(F)F)c1)(OC)OC(C)C. The second-order valence-corrected chi connectivity index (χ2v) is 8.23. The maximum atomic E-state index is 12.7. The lowest BCUT2D eigenvalue weighted by atomic mass is 10.1. The van der Waals surface area contributed by atoms with E-state index in [1.165, 1.54) is 12.1 Å². The fourth-order valence-electron chi connectivity index (χ4n) is 2.21. The van der Waals surface area contributed by atoms with Gasteiger partial charge in [-0.15, -0.1) is 0 Å². The number of hydrogen-bond acceptors (Lipinski definition) is 3. The molecule has 1 aromatic rings. The van der Waals surface area contributed by atoms with E-state index in [4.69, 9.17) is 13.3 Å². The zero-order chi connectivity index (χ0) is 16.8. The fourth-order valence-corrected chi connectivity index (χ4v) is 4.43. The molecule has 0 fully saturated rings. The van der Waals surface area contributed by atoms with Crippen LogP contribution in [0.2, 0.25) is 6.04 Å². The van der Waals surface area contributed by atoms with Crippen molar-refractivity contribution in [3.63, 3.8) is 0 Å². The predicted molar refractivity (Wildman–Crippen MR) is 80.6 cm³/mol. The summed E-state index contributed by atoms with van der Waals surface area (Å²) in [6, 6.07) is 5.96. The Kier molecular flexibility index (Phi) is 7.05. The van der Waals surface area contributed by atoms with E-state index in [0.29, 0.717) is 24.4 Å². The molecule has 7 heteroatoms. The summed E-state index contributed by atoms with van der Waals surface area (Å²) in [6.07, 6.45) is -3.18. The van der Waals surface area contributed by atoms with Crippen molar-refractivity contribution in [1.29, 1.82) is 0 Å². The predicted octanol–water partition coefficient (Wildman–Crippen LogP) is 4.29. The normalized spacial score (nSPS) is 12.9. The van der Waals surface area contributed by atoms with Gasteiger partial charge < -0.3 is 13.3 Å². The maximum Gasteiger partial charge on any atom is 0.500 e. The van der Waals surface area contributed by atoms with Crippen LogP contribution in [0.4, 0.5) is 13.2 Å². The first kappa shape index (κ1) is 19.2. The Labute approximate surface area is 130 Å². The highest BCUT2D eigenvalue weighted by Crippen LogP contribution is 2.30. The van der Waals surface area contributed by atoms with Gasteiger partial charge in [0.05, 0.1) is 5.56 Å². The van der Waals surface area contributed by atoms with Crippen LogP contribution in [0.3, 0.4) is 0 Å². The van der Waals surface area contributed by atoms with Crippen LogP contribution >= 0.6 is 0 Å². The number of aryl methyl sites for hydroxylation is 1. The van der Waals surface area contributed by atoms with Crippen LogP contribution in [-0.4, -0.2) is 29.1 Å². The van der Waals surface area contributed by atoms with Crippen molar-refractivity contribution in [2.75, 3.05) is 14.2 Å². The summed E-state index contributed by atoms with van der Waals surface area (Å²) in [5.74, 6) is 0. The molecule has 0 aliphatic heterocycles. The molecular formula is C15H23F3O3Si. The number of rotatable bonds is 8. The van der Waals surface area contributed by atoms with Gasteiger partial charge in [0.1, 0.15) is 0 Å². The first-order chi connectivity index (χ1) is 10.2. The summed E-state index contributed by atoms with van der Waals surface area (Å²) in [5.41, 5.74) is 0.0277. The summed E-state index contributed by atoms with van der Waals surface area (Å²) in [6.45, 7) is 3.79. The van der Waals surface area contributed by atoms with Crippen molar-refractivity contribution in [2.24, 2.45) is 0 Å². The molecule has 1 aromatic carbocycles. The van der Waals surface area contributed by atoms with Crippen molar-refractivity contribution < 1.29 is 26.4 Å². The largest absolute Gasteiger partial charge is 0.500 e. The Bertz CT molecular complexity index is 460. The number of alkyl halides is 3. The molecule has 0 N–H and O–H groups in total. The second kappa shape index (κ2) is 8.10. The molecule has 0 bridgehead atoms. The molecule has 1 rings (SSSR count). The van der Waals surface area contributed by atoms with Crippen molar-refractivity contribution in [2.45, 2.75) is 45.0 Å². The molecular weight excluding hydrogens is 313 g/mol. The molecule has 0 spiro atoms. The van der Waals surface area contributed by atoms with Gasteiger partial charge in [-0.2, -0.15) is 13.2 Å². The maximum absolute atomic E-state index is 12.7. The van der Waals surface area contributed by atoms with Crippen LogP contribution < -0.4 is 0 Å². The molecule has 0 unspecified atom stereocenters. The van der Waals surface area contributed by atoms with Gasteiger partial charge in [-0.05, 0) is 38.3 Å². The average molecular weight is 336 g/mol. The molecule has 0 saturated heterocycles. The Morgan fingerprint density at radius 3 is 2.27 bits per heavy atom. The van der Waals surface area contributed by atoms with Crippen LogP contribution in [0.15, 0.2) is 24.3 Å². The minimum absolute atomic E-state index is 0.0277. The van der Waals surface area contributed by atoms with Crippen LogP contribution in [0, 0.1) is 0 Å². The summed E-state index contributed by atoms with van der Waals surface area (Å²) in [7, 11) is 0.355. The van der Waals surface area contributed by atoms with Crippen molar-refractivity contribution in [3.05, 3.63) is 35.4 Å². The fraction of sp³-hybridized carbons (Fsp3) is 0.600. The molecule has 0 atom stereocenters. The summed E-state index contributed by atoms with van der Waals surface area (Å²) in [5, 5.41) is 0. The quantitative estimate of drug-likeness (QED) is 0.663. The van der Waals surface area contributed by atoms with Crippen molar-refractivity contribution >= 4 is 8.80 Å². The zero-order valence-electron chi connectivity index (χ0n) is 13.4. The first-order valence-electron chi connectivity index (χ1n) is 7.16. The molecule has 0 aliphatic carbocycles. The standard InChI is InChI=1S/C15H23F3O3Si/c1-12(2)21-22(19-3,20-4)10-6-8-13-7-5-9-14(11-13)15(16,17)18/h5,7,9,11-12H,6,8,10H2,1-4H3. The molecule has 0 radical (unpaired) electrons. The minimum Gasteiger partial charge on any atom is -0.377 e. The lowest BCUT2D eigenvalue weighted by Crippen LogP contribution is -2.45. The Morgan fingerprint density at radius 2 is 1.77 bits per heavy atom. The third kappa shape index (κ3) is 5.72. The van der Waals surface area contributed by atoms with E-state index in [0.717, 1.165) is 6.07 Å². The lowest BCUT2D eigenvalue weighted by molar-refractivity contribution is -0.137. The van der Waals surface area contributed by atoms with Gasteiger partial charge in [0.15, 0.2) is 0 Å². The van der Waals surface area contributed by atoms with E-state index in [2.05, 4.69) is 0 Å². The molecule has 0 saturated carbocycles. The number of benzene rings is 1. The van der Waals surface area contributed by atoms with E-state index in [-0.39, 0.29) is 6.10 Å². The summed E-state index contributed by atoms with van der Waals surface area (Å²) < 4.78 is 54.7. The summed E-state index contributed by atoms with van der Waals surface area (Å²) >= 11 is 0. The topological polar surface area (TPSA) is 27.7 Å². The lowest BCUT2D eigenvalue weighted by Gasteiger charge is -2.28. The first-order valence-corrected chi connectivity index (χ1v) is 9.10. The van der Waals surface area contributed by atoms with E-state index in [1.807, 2.05) is 13.8 Å². The van der Waals surface area contributed by atoms with E-state index in [9.17, 15) is 13.2 Å². The molecule has 0 heterocycles. The van der Waals surface area contributed by atoms with Gasteiger partial charge in [0.25, 0.3) is 0 Å². The highest BCUT2D eigenvalue weighted by molar-refractivity contribution is 6.60. The Balaban J connectivity index is 2.66. The van der Waals surface area contributed by atoms with Crippen molar-refractivity contribution in [1.82, 2.24) is 0 Å². The van der Waals surface area contributed by atoms with Gasteiger partial charge in [0, 0.05) is 26.4 Å². The molecule has 0 aliphatic rings. The zero-order valence-corrected chi connectivity index (χ0v) is 14.4. The van der Waals surface area contributed by atoms with E-state index >= 15 is 0 Å². The van der Waals surface area contributed by atoms with Crippen LogP contribution in [0.25, 0.3) is 0 Å². The van der Waals surface area contributed by atoms with Gasteiger partial charge in [-0.3, -0.25) is 0 Å². The third-order valence-corrected chi connectivity index (χ3v) is 6.28. The second-order valence-electron chi connectivity index (χ2n) is 5.31. The molecule has 0 amide bonds. The highest BCUT2D eigenvalue weighted by Gasteiger charge is 2.39. The van der Waals surface area contributed by atoms with Crippen LogP contribution in [0.5, 0.6) is 0 Å². The van der Waals surface area contributed by atoms with Gasteiger partial charge in [-0.1, -0.05) is 18.2 Å². The monoisotopic (exact) mass is 336 g/mol. The molecule has 0 aromatic heterocycles. The van der Waals surface area contributed by atoms with E-state index < -0.39 is 20.5 Å². The van der Waals surface area contributed by atoms with Crippen molar-refractivity contribution in [3.8, 4) is 0 Å². The average Bonchev–Trinajstić information content (AvgIpc) is 2.45. The Morgan fingerprint density at radius 1 is 1.14 bits per heavy atom. The highest BCUT2D eigenvalue weighted by atomic mass is 28.4. The smallest absolute Gasteiger partial charge is 0.377 e. The van der Waals surface area contributed by atoms with Crippen LogP contribution in [-0.2, 0) is 25.9 Å². The van der Waals surface area contributed by atoms with Gasteiger partial charge >= 0.3 is 15.0 Å². The van der Waals surface area contributed by atoms with Crippen LogP contribution in [0.1, 0.15) is 31.4 Å². The van der Waals surface area contributed by atoms with Gasteiger partial charge in [-0.25, -0.2) is 0 Å². The number of halogens is 3. The third-order valence-electron chi connectivity index (χ3n) is 3.24. The van der Waals surface area contributed by atoms with Gasteiger partial charge in [0.2, 0.25) is 0 Å². The Hall–Kier alpha value is -0.893. The summed E-state index contributed by atoms with van der Waals surface area (Å²) in [4.78, 5) is 0.